The van der Waals surface area contributed by atoms with Gasteiger partial charge in [-0.05, 0) is 13.3 Å². The van der Waals surface area contributed by atoms with Gasteiger partial charge in [0.05, 0.1) is 18.8 Å². The van der Waals surface area contributed by atoms with Gasteiger partial charge in [0.15, 0.2) is 0 Å². The molecule has 0 aliphatic carbocycles. The summed E-state index contributed by atoms with van der Waals surface area (Å²) < 4.78 is 12.6. The Balaban J connectivity index is 2.04. The highest BCUT2D eigenvalue weighted by molar-refractivity contribution is 5.06. The molecule has 1 aromatic rings. The summed E-state index contributed by atoms with van der Waals surface area (Å²) >= 11 is 0. The van der Waals surface area contributed by atoms with E-state index < -0.39 is 35.6 Å². The van der Waals surface area contributed by atoms with Crippen molar-refractivity contribution in [3.05, 3.63) is 32.6 Å². The van der Waals surface area contributed by atoms with Crippen LogP contribution in [0.4, 0.5) is 0 Å². The van der Waals surface area contributed by atoms with E-state index in [4.69, 9.17) is 9.47 Å². The topological polar surface area (TPSA) is 114 Å². The minimum absolute atomic E-state index is 0.316. The van der Waals surface area contributed by atoms with Crippen LogP contribution in [-0.2, 0) is 9.47 Å². The van der Waals surface area contributed by atoms with Gasteiger partial charge in [-0.1, -0.05) is 0 Å². The quantitative estimate of drug-likeness (QED) is 0.599. The van der Waals surface area contributed by atoms with E-state index >= 15 is 0 Å². The van der Waals surface area contributed by atoms with Gasteiger partial charge in [0, 0.05) is 18.4 Å². The van der Waals surface area contributed by atoms with Gasteiger partial charge in [0.25, 0.3) is 5.56 Å². The molecular formula is C13H18N2O6. The predicted octanol–water partition coefficient (Wildman–Crippen LogP) is -1.70. The summed E-state index contributed by atoms with van der Waals surface area (Å²) in [6.45, 7) is 1.70. The second-order valence-corrected chi connectivity index (χ2v) is 5.48. The number of ether oxygens (including phenoxy) is 2. The molecule has 21 heavy (non-hydrogen) atoms. The summed E-state index contributed by atoms with van der Waals surface area (Å²) in [6, 6.07) is -0.528. The number of hydrogen-bond donors (Lipinski definition) is 3. The van der Waals surface area contributed by atoms with Crippen molar-refractivity contribution in [2.45, 2.75) is 43.8 Å². The summed E-state index contributed by atoms with van der Waals surface area (Å²) in [6.07, 6.45) is -0.762. The van der Waals surface area contributed by atoms with Crippen LogP contribution in [0.3, 0.4) is 0 Å². The number of nitrogens with zero attached hydrogens (tertiary/aromatic N) is 1. The molecule has 8 heteroatoms. The van der Waals surface area contributed by atoms with Crippen molar-refractivity contribution in [1.82, 2.24) is 9.55 Å². The number of nitrogens with one attached hydrogen (secondary N) is 1. The van der Waals surface area contributed by atoms with Gasteiger partial charge in [-0.3, -0.25) is 14.3 Å². The molecule has 3 heterocycles. The molecule has 2 fully saturated rings. The second-order valence-electron chi connectivity index (χ2n) is 5.48. The number of rotatable bonds is 2. The van der Waals surface area contributed by atoms with Gasteiger partial charge in [0.1, 0.15) is 18.3 Å². The Hall–Kier alpha value is -1.48. The molecule has 0 amide bonds. The summed E-state index contributed by atoms with van der Waals surface area (Å²) in [5, 5.41) is 19.5. The maximum Gasteiger partial charge on any atom is 0.328 e. The molecule has 0 radical (unpaired) electrons. The number of aromatic amines is 1. The first-order chi connectivity index (χ1) is 10.0. The van der Waals surface area contributed by atoms with Crippen molar-refractivity contribution in [1.29, 1.82) is 0 Å². The van der Waals surface area contributed by atoms with Crippen LogP contribution in [0.1, 0.15) is 18.0 Å². The van der Waals surface area contributed by atoms with Crippen LogP contribution in [0.25, 0.3) is 0 Å². The highest BCUT2D eigenvalue weighted by Gasteiger charge is 2.49. The van der Waals surface area contributed by atoms with E-state index in [1.54, 1.807) is 6.92 Å². The normalized spacial score (nSPS) is 35.7. The summed E-state index contributed by atoms with van der Waals surface area (Å²) in [7, 11) is 0. The number of aliphatic hydroxyl groups is 2. The van der Waals surface area contributed by atoms with E-state index in [9.17, 15) is 19.8 Å². The van der Waals surface area contributed by atoms with Crippen LogP contribution in [0.15, 0.2) is 15.8 Å². The fourth-order valence-corrected chi connectivity index (χ4v) is 3.06. The third-order valence-electron chi connectivity index (χ3n) is 4.14. The van der Waals surface area contributed by atoms with E-state index in [1.807, 2.05) is 0 Å². The van der Waals surface area contributed by atoms with Gasteiger partial charge < -0.3 is 19.7 Å². The van der Waals surface area contributed by atoms with Crippen LogP contribution in [-0.4, -0.2) is 57.4 Å². The average molecular weight is 298 g/mol. The Kier molecular flexibility index (Phi) is 3.70. The maximum absolute atomic E-state index is 12.0. The number of H-pyrrole nitrogens is 1. The molecule has 3 rings (SSSR count). The predicted molar refractivity (Wildman–Crippen MR) is 71.2 cm³/mol. The lowest BCUT2D eigenvalue weighted by atomic mass is 9.89. The van der Waals surface area contributed by atoms with E-state index in [0.717, 1.165) is 0 Å². The molecule has 3 N–H and O–H groups in total. The fraction of sp³-hybridized carbons (Fsp3) is 0.692. The van der Waals surface area contributed by atoms with Crippen molar-refractivity contribution < 1.29 is 19.7 Å². The average Bonchev–Trinajstić information content (AvgIpc) is 2.46. The third-order valence-corrected chi connectivity index (χ3v) is 4.14. The molecule has 2 saturated heterocycles. The van der Waals surface area contributed by atoms with Gasteiger partial charge in [-0.25, -0.2) is 4.79 Å². The zero-order valence-corrected chi connectivity index (χ0v) is 11.6. The van der Waals surface area contributed by atoms with Crippen molar-refractivity contribution in [2.24, 2.45) is 0 Å². The summed E-state index contributed by atoms with van der Waals surface area (Å²) in [5.41, 5.74) is -0.603. The number of fused-ring (bicyclic) bond motifs is 2. The lowest BCUT2D eigenvalue weighted by Crippen LogP contribution is -2.61. The molecule has 5 atom stereocenters. The Bertz CT molecular complexity index is 638. The van der Waals surface area contributed by atoms with Crippen LogP contribution in [0.5, 0.6) is 0 Å². The Morgan fingerprint density at radius 1 is 1.48 bits per heavy atom. The highest BCUT2D eigenvalue weighted by atomic mass is 16.6. The SMILES string of the molecule is Cc1cn(C2C3CCOC2C(O)C(CO)O3)c(=O)[nH]c1=O. The largest absolute Gasteiger partial charge is 0.394 e. The molecule has 8 nitrogen and oxygen atoms in total. The molecule has 2 bridgehead atoms. The number of aromatic nitrogens is 2. The molecule has 2 aliphatic heterocycles. The summed E-state index contributed by atoms with van der Waals surface area (Å²) in [5.74, 6) is 0. The first kappa shape index (κ1) is 14.5. The molecule has 1 aromatic heterocycles. The lowest BCUT2D eigenvalue weighted by molar-refractivity contribution is -0.246. The standard InChI is InChI=1S/C13H18N2O6/c1-6-4-15(13(19)14-12(6)18)9-7-2-3-20-11(9)10(17)8(5-16)21-7/h4,7-11,16-17H,2-3,5H2,1H3,(H,14,18,19). The number of aliphatic hydroxyl groups excluding tert-OH is 2. The number of aryl methyl sites for hydroxylation is 1. The molecule has 5 unspecified atom stereocenters. The molecule has 0 spiro atoms. The van der Waals surface area contributed by atoms with E-state index in [0.29, 0.717) is 18.6 Å². The number of hydrogen-bond acceptors (Lipinski definition) is 6. The fourth-order valence-electron chi connectivity index (χ4n) is 3.06. The van der Waals surface area contributed by atoms with Crippen molar-refractivity contribution >= 4 is 0 Å². The molecule has 0 aromatic carbocycles. The molecular weight excluding hydrogens is 280 g/mol. The van der Waals surface area contributed by atoms with Crippen LogP contribution in [0.2, 0.25) is 0 Å². The molecule has 2 aliphatic rings. The molecule has 116 valence electrons. The third kappa shape index (κ3) is 2.34. The van der Waals surface area contributed by atoms with Gasteiger partial charge in [-0.15, -0.1) is 0 Å². The Morgan fingerprint density at radius 3 is 2.95 bits per heavy atom. The van der Waals surface area contributed by atoms with Gasteiger partial charge >= 0.3 is 5.69 Å². The first-order valence-corrected chi connectivity index (χ1v) is 6.91. The van der Waals surface area contributed by atoms with Crippen molar-refractivity contribution in [3.63, 3.8) is 0 Å². The van der Waals surface area contributed by atoms with Crippen LogP contribution in [0, 0.1) is 6.92 Å². The minimum atomic E-state index is -1.03. The zero-order chi connectivity index (χ0) is 15.1. The highest BCUT2D eigenvalue weighted by Crippen LogP contribution is 2.36. The van der Waals surface area contributed by atoms with E-state index in [2.05, 4.69) is 4.98 Å². The van der Waals surface area contributed by atoms with E-state index in [-0.39, 0.29) is 12.7 Å². The zero-order valence-electron chi connectivity index (χ0n) is 11.6. The van der Waals surface area contributed by atoms with Gasteiger partial charge in [-0.2, -0.15) is 0 Å². The van der Waals surface area contributed by atoms with Crippen molar-refractivity contribution in [3.8, 4) is 0 Å². The lowest BCUT2D eigenvalue weighted by Gasteiger charge is -2.48. The van der Waals surface area contributed by atoms with Crippen LogP contribution >= 0.6 is 0 Å². The Morgan fingerprint density at radius 2 is 2.24 bits per heavy atom. The monoisotopic (exact) mass is 298 g/mol. The van der Waals surface area contributed by atoms with Crippen molar-refractivity contribution in [2.75, 3.05) is 13.2 Å². The van der Waals surface area contributed by atoms with E-state index in [1.165, 1.54) is 10.8 Å². The van der Waals surface area contributed by atoms with Gasteiger partial charge in [0.2, 0.25) is 0 Å². The Labute approximate surface area is 119 Å². The van der Waals surface area contributed by atoms with Crippen LogP contribution < -0.4 is 11.2 Å². The smallest absolute Gasteiger partial charge is 0.328 e. The first-order valence-electron chi connectivity index (χ1n) is 6.91. The summed E-state index contributed by atoms with van der Waals surface area (Å²) in [4.78, 5) is 25.8. The maximum atomic E-state index is 12.0. The minimum Gasteiger partial charge on any atom is -0.394 e. The second kappa shape index (κ2) is 5.38. The molecule has 0 saturated carbocycles.